The SMILES string of the molecule is CCOC(=O)C(CC(C)C)Oc1c(F)c(F)nc(F)c1F. The van der Waals surface area contributed by atoms with Crippen molar-refractivity contribution in [2.75, 3.05) is 6.61 Å². The van der Waals surface area contributed by atoms with Gasteiger partial charge in [-0.15, -0.1) is 0 Å². The Balaban J connectivity index is 3.11. The van der Waals surface area contributed by atoms with Gasteiger partial charge in [0, 0.05) is 0 Å². The highest BCUT2D eigenvalue weighted by molar-refractivity contribution is 5.75. The molecule has 0 N–H and O–H groups in total. The molecule has 1 atom stereocenters. The molecule has 1 aromatic rings. The van der Waals surface area contributed by atoms with Gasteiger partial charge in [0.15, 0.2) is 6.10 Å². The summed E-state index contributed by atoms with van der Waals surface area (Å²) < 4.78 is 62.4. The highest BCUT2D eigenvalue weighted by Gasteiger charge is 2.29. The summed E-state index contributed by atoms with van der Waals surface area (Å²) in [6.07, 6.45) is -1.32. The van der Waals surface area contributed by atoms with Gasteiger partial charge < -0.3 is 9.47 Å². The first-order valence-corrected chi connectivity index (χ1v) is 6.31. The average Bonchev–Trinajstić information content (AvgIpc) is 2.40. The number of halogens is 4. The van der Waals surface area contributed by atoms with Gasteiger partial charge in [-0.3, -0.25) is 0 Å². The third kappa shape index (κ3) is 4.30. The fourth-order valence-electron chi connectivity index (χ4n) is 1.57. The number of hydrogen-bond acceptors (Lipinski definition) is 4. The minimum absolute atomic E-state index is 0.0286. The molecule has 118 valence electrons. The molecule has 0 saturated heterocycles. The van der Waals surface area contributed by atoms with Crippen LogP contribution in [0.5, 0.6) is 5.75 Å². The number of ether oxygens (including phenoxy) is 2. The van der Waals surface area contributed by atoms with Gasteiger partial charge in [0.1, 0.15) is 0 Å². The van der Waals surface area contributed by atoms with Crippen LogP contribution in [0.3, 0.4) is 0 Å². The van der Waals surface area contributed by atoms with Crippen LogP contribution >= 0.6 is 0 Å². The molecule has 0 aliphatic rings. The lowest BCUT2D eigenvalue weighted by Crippen LogP contribution is -2.32. The Morgan fingerprint density at radius 2 is 1.67 bits per heavy atom. The highest BCUT2D eigenvalue weighted by atomic mass is 19.2. The van der Waals surface area contributed by atoms with E-state index in [9.17, 15) is 22.4 Å². The molecule has 8 heteroatoms. The van der Waals surface area contributed by atoms with Gasteiger partial charge in [-0.05, 0) is 19.3 Å². The minimum atomic E-state index is -1.85. The summed E-state index contributed by atoms with van der Waals surface area (Å²) in [7, 11) is 0. The van der Waals surface area contributed by atoms with Gasteiger partial charge in [-0.25, -0.2) is 4.79 Å². The average molecular weight is 309 g/mol. The Hall–Kier alpha value is -1.86. The van der Waals surface area contributed by atoms with Gasteiger partial charge in [0.05, 0.1) is 6.61 Å². The maximum Gasteiger partial charge on any atom is 0.347 e. The molecule has 21 heavy (non-hydrogen) atoms. The lowest BCUT2D eigenvalue weighted by Gasteiger charge is -2.19. The van der Waals surface area contributed by atoms with E-state index in [4.69, 9.17) is 9.47 Å². The number of pyridine rings is 1. The Morgan fingerprint density at radius 3 is 2.10 bits per heavy atom. The summed E-state index contributed by atoms with van der Waals surface area (Å²) in [5.74, 6) is -9.57. The molecule has 0 spiro atoms. The number of esters is 1. The number of hydrogen-bond donors (Lipinski definition) is 0. The van der Waals surface area contributed by atoms with Crippen molar-refractivity contribution in [1.82, 2.24) is 4.98 Å². The van der Waals surface area contributed by atoms with E-state index in [-0.39, 0.29) is 18.9 Å². The van der Waals surface area contributed by atoms with Gasteiger partial charge in [-0.2, -0.15) is 22.5 Å². The van der Waals surface area contributed by atoms with Crippen LogP contribution in [0.2, 0.25) is 0 Å². The zero-order valence-electron chi connectivity index (χ0n) is 11.8. The predicted molar refractivity (Wildman–Crippen MR) is 64.6 cm³/mol. The van der Waals surface area contributed by atoms with E-state index in [1.807, 2.05) is 0 Å². The zero-order chi connectivity index (χ0) is 16.2. The van der Waals surface area contributed by atoms with Gasteiger partial charge >= 0.3 is 5.97 Å². The highest BCUT2D eigenvalue weighted by Crippen LogP contribution is 2.27. The minimum Gasteiger partial charge on any atom is -0.472 e. The van der Waals surface area contributed by atoms with Crippen molar-refractivity contribution in [3.8, 4) is 5.75 Å². The normalized spacial score (nSPS) is 12.4. The second kappa shape index (κ2) is 7.24. The Labute approximate surface area is 119 Å². The fourth-order valence-corrected chi connectivity index (χ4v) is 1.57. The molecular weight excluding hydrogens is 294 g/mol. The summed E-state index contributed by atoms with van der Waals surface area (Å²) in [4.78, 5) is 14.1. The van der Waals surface area contributed by atoms with Crippen molar-refractivity contribution in [1.29, 1.82) is 0 Å². The summed E-state index contributed by atoms with van der Waals surface area (Å²) in [6.45, 7) is 5.03. The van der Waals surface area contributed by atoms with E-state index in [1.54, 1.807) is 13.8 Å². The van der Waals surface area contributed by atoms with Gasteiger partial charge in [0.25, 0.3) is 11.9 Å². The van der Waals surface area contributed by atoms with Crippen molar-refractivity contribution in [3.63, 3.8) is 0 Å². The lowest BCUT2D eigenvalue weighted by atomic mass is 10.1. The largest absolute Gasteiger partial charge is 0.472 e. The lowest BCUT2D eigenvalue weighted by molar-refractivity contribution is -0.152. The topological polar surface area (TPSA) is 48.4 Å². The first-order chi connectivity index (χ1) is 9.77. The third-order valence-electron chi connectivity index (χ3n) is 2.45. The summed E-state index contributed by atoms with van der Waals surface area (Å²) in [5.41, 5.74) is 0. The molecule has 1 unspecified atom stereocenters. The molecule has 0 amide bonds. The third-order valence-corrected chi connectivity index (χ3v) is 2.45. The Bertz CT molecular complexity index is 496. The number of aromatic nitrogens is 1. The smallest absolute Gasteiger partial charge is 0.347 e. The number of nitrogens with zero attached hydrogens (tertiary/aromatic N) is 1. The van der Waals surface area contributed by atoms with Crippen molar-refractivity contribution < 1.29 is 31.8 Å². The van der Waals surface area contributed by atoms with Crippen LogP contribution in [0.15, 0.2) is 0 Å². The number of carbonyl (C=O) groups is 1. The molecule has 0 fully saturated rings. The van der Waals surface area contributed by atoms with E-state index in [2.05, 4.69) is 4.98 Å². The summed E-state index contributed by atoms with van der Waals surface area (Å²) in [6, 6.07) is 0. The maximum absolute atomic E-state index is 13.5. The Kier molecular flexibility index (Phi) is 5.92. The number of carbonyl (C=O) groups excluding carboxylic acids is 1. The van der Waals surface area contributed by atoms with E-state index in [0.717, 1.165) is 0 Å². The molecule has 0 bridgehead atoms. The van der Waals surface area contributed by atoms with Crippen molar-refractivity contribution >= 4 is 5.97 Å². The van der Waals surface area contributed by atoms with Gasteiger partial charge in [-0.1, -0.05) is 13.8 Å². The molecule has 0 radical (unpaired) electrons. The van der Waals surface area contributed by atoms with E-state index < -0.39 is 41.4 Å². The molecule has 0 aliphatic carbocycles. The molecule has 0 saturated carbocycles. The molecule has 1 aromatic heterocycles. The second-order valence-corrected chi connectivity index (χ2v) is 4.64. The molecule has 0 aromatic carbocycles. The molecule has 0 aliphatic heterocycles. The number of rotatable bonds is 6. The monoisotopic (exact) mass is 309 g/mol. The van der Waals surface area contributed by atoms with Crippen molar-refractivity contribution in [3.05, 3.63) is 23.5 Å². The van der Waals surface area contributed by atoms with Crippen LogP contribution in [-0.4, -0.2) is 23.7 Å². The van der Waals surface area contributed by atoms with Crippen LogP contribution in [-0.2, 0) is 9.53 Å². The first-order valence-electron chi connectivity index (χ1n) is 6.31. The molecule has 4 nitrogen and oxygen atoms in total. The predicted octanol–water partition coefficient (Wildman–Crippen LogP) is 2.99. The van der Waals surface area contributed by atoms with Gasteiger partial charge in [0.2, 0.25) is 17.4 Å². The standard InChI is InChI=1S/C13H15F4NO3/c1-4-20-13(19)7(5-6(2)3)21-10-8(14)11(16)18-12(17)9(10)15/h6-7H,4-5H2,1-3H3. The van der Waals surface area contributed by atoms with Crippen LogP contribution in [0.1, 0.15) is 27.2 Å². The second-order valence-electron chi connectivity index (χ2n) is 4.64. The molecular formula is C13H15F4NO3. The van der Waals surface area contributed by atoms with E-state index in [0.29, 0.717) is 0 Å². The van der Waals surface area contributed by atoms with Crippen molar-refractivity contribution in [2.45, 2.75) is 33.3 Å². The molecule has 1 heterocycles. The van der Waals surface area contributed by atoms with Crippen LogP contribution < -0.4 is 4.74 Å². The van der Waals surface area contributed by atoms with Crippen LogP contribution in [0.4, 0.5) is 17.6 Å². The Morgan fingerprint density at radius 1 is 1.14 bits per heavy atom. The summed E-state index contributed by atoms with van der Waals surface area (Å²) >= 11 is 0. The quantitative estimate of drug-likeness (QED) is 0.460. The summed E-state index contributed by atoms with van der Waals surface area (Å²) in [5, 5.41) is 0. The van der Waals surface area contributed by atoms with Crippen molar-refractivity contribution in [2.24, 2.45) is 5.92 Å². The zero-order valence-corrected chi connectivity index (χ0v) is 11.8. The van der Waals surface area contributed by atoms with E-state index >= 15 is 0 Å². The first kappa shape index (κ1) is 17.2. The maximum atomic E-state index is 13.5. The van der Waals surface area contributed by atoms with Crippen LogP contribution in [0, 0.1) is 29.4 Å². The van der Waals surface area contributed by atoms with E-state index in [1.165, 1.54) is 6.92 Å². The molecule has 1 rings (SSSR count). The van der Waals surface area contributed by atoms with Crippen LogP contribution in [0.25, 0.3) is 0 Å². The fraction of sp³-hybridized carbons (Fsp3) is 0.538.